The molecule has 0 heterocycles. The molecule has 0 aromatic heterocycles. The Hall–Kier alpha value is -0.770. The van der Waals surface area contributed by atoms with Crippen molar-refractivity contribution in [1.82, 2.24) is 0 Å². The van der Waals surface area contributed by atoms with E-state index in [0.29, 0.717) is 17.1 Å². The standard InChI is InChI=1S/C14H22O/c1-5-6-7-11-10-12(14(2,3)4)8-9-13(11)15/h1,11-12H,6-10H2,2-4H3. The van der Waals surface area contributed by atoms with Gasteiger partial charge < -0.3 is 0 Å². The third kappa shape index (κ3) is 3.38. The topological polar surface area (TPSA) is 17.1 Å². The van der Waals surface area contributed by atoms with Gasteiger partial charge in [-0.15, -0.1) is 12.3 Å². The number of hydrogen-bond acceptors (Lipinski definition) is 1. The van der Waals surface area contributed by atoms with Gasteiger partial charge in [0.15, 0.2) is 0 Å². The molecule has 15 heavy (non-hydrogen) atoms. The van der Waals surface area contributed by atoms with Crippen molar-refractivity contribution in [2.75, 3.05) is 0 Å². The molecule has 0 spiro atoms. The summed E-state index contributed by atoms with van der Waals surface area (Å²) in [5.41, 5.74) is 0.328. The Labute approximate surface area is 93.6 Å². The lowest BCUT2D eigenvalue weighted by Crippen LogP contribution is -2.31. The fraction of sp³-hybridized carbons (Fsp3) is 0.786. The van der Waals surface area contributed by atoms with Crippen molar-refractivity contribution >= 4 is 5.78 Å². The fourth-order valence-corrected chi connectivity index (χ4v) is 2.44. The van der Waals surface area contributed by atoms with E-state index in [-0.39, 0.29) is 5.92 Å². The molecule has 0 N–H and O–H groups in total. The van der Waals surface area contributed by atoms with Gasteiger partial charge in [-0.2, -0.15) is 0 Å². The van der Waals surface area contributed by atoms with Crippen molar-refractivity contribution in [1.29, 1.82) is 0 Å². The van der Waals surface area contributed by atoms with E-state index in [1.165, 1.54) is 0 Å². The van der Waals surface area contributed by atoms with E-state index in [2.05, 4.69) is 26.7 Å². The maximum absolute atomic E-state index is 11.7. The lowest BCUT2D eigenvalue weighted by atomic mass is 9.68. The molecule has 1 rings (SSSR count). The van der Waals surface area contributed by atoms with Crippen LogP contribution in [0.1, 0.15) is 52.9 Å². The summed E-state index contributed by atoms with van der Waals surface area (Å²) in [5.74, 6) is 3.99. The van der Waals surface area contributed by atoms with Crippen LogP contribution >= 0.6 is 0 Å². The third-order valence-electron chi connectivity index (χ3n) is 3.63. The molecule has 1 fully saturated rings. The molecule has 0 aromatic carbocycles. The summed E-state index contributed by atoms with van der Waals surface area (Å²) in [6, 6.07) is 0. The van der Waals surface area contributed by atoms with E-state index in [0.717, 1.165) is 32.1 Å². The van der Waals surface area contributed by atoms with Crippen molar-refractivity contribution in [3.63, 3.8) is 0 Å². The van der Waals surface area contributed by atoms with E-state index < -0.39 is 0 Å². The van der Waals surface area contributed by atoms with Crippen LogP contribution in [-0.2, 0) is 4.79 Å². The summed E-state index contributed by atoms with van der Waals surface area (Å²) >= 11 is 0. The Bertz CT molecular complexity index is 264. The summed E-state index contributed by atoms with van der Waals surface area (Å²) in [7, 11) is 0. The maximum Gasteiger partial charge on any atom is 0.136 e. The Morgan fingerprint density at radius 2 is 2.13 bits per heavy atom. The zero-order chi connectivity index (χ0) is 11.5. The third-order valence-corrected chi connectivity index (χ3v) is 3.63. The first kappa shape index (κ1) is 12.3. The van der Waals surface area contributed by atoms with Gasteiger partial charge in [0.05, 0.1) is 0 Å². The Balaban J connectivity index is 2.57. The molecule has 2 unspecified atom stereocenters. The highest BCUT2D eigenvalue weighted by atomic mass is 16.1. The SMILES string of the molecule is C#CCCC1CC(C(C)(C)C)CCC1=O. The zero-order valence-electron chi connectivity index (χ0n) is 10.2. The average Bonchev–Trinajstić information content (AvgIpc) is 2.15. The molecule has 0 radical (unpaired) electrons. The maximum atomic E-state index is 11.7. The van der Waals surface area contributed by atoms with Crippen molar-refractivity contribution in [3.05, 3.63) is 0 Å². The normalized spacial score (nSPS) is 27.5. The van der Waals surface area contributed by atoms with Gasteiger partial charge in [0.25, 0.3) is 0 Å². The highest BCUT2D eigenvalue weighted by Gasteiger charge is 2.34. The average molecular weight is 206 g/mol. The van der Waals surface area contributed by atoms with Gasteiger partial charge in [-0.05, 0) is 30.6 Å². The Morgan fingerprint density at radius 1 is 1.47 bits per heavy atom. The zero-order valence-corrected chi connectivity index (χ0v) is 10.2. The predicted molar refractivity (Wildman–Crippen MR) is 63.4 cm³/mol. The van der Waals surface area contributed by atoms with Crippen LogP contribution in [0.5, 0.6) is 0 Å². The van der Waals surface area contributed by atoms with E-state index in [1.807, 2.05) is 0 Å². The Kier molecular flexibility index (Phi) is 3.97. The summed E-state index contributed by atoms with van der Waals surface area (Å²) < 4.78 is 0. The van der Waals surface area contributed by atoms with Crippen LogP contribution in [0.3, 0.4) is 0 Å². The number of carbonyl (C=O) groups excluding carboxylic acids is 1. The largest absolute Gasteiger partial charge is 0.299 e. The molecule has 1 heteroatoms. The summed E-state index contributed by atoms with van der Waals surface area (Å²) in [6.45, 7) is 6.81. The van der Waals surface area contributed by atoms with E-state index in [4.69, 9.17) is 6.42 Å². The molecule has 0 aromatic rings. The van der Waals surface area contributed by atoms with Crippen LogP contribution < -0.4 is 0 Å². The van der Waals surface area contributed by atoms with Gasteiger partial charge in [0.2, 0.25) is 0 Å². The lowest BCUT2D eigenvalue weighted by molar-refractivity contribution is -0.126. The number of hydrogen-bond donors (Lipinski definition) is 0. The van der Waals surface area contributed by atoms with Gasteiger partial charge >= 0.3 is 0 Å². The van der Waals surface area contributed by atoms with Crippen LogP contribution in [0.4, 0.5) is 0 Å². The number of carbonyl (C=O) groups is 1. The van der Waals surface area contributed by atoms with Crippen LogP contribution in [0.25, 0.3) is 0 Å². The van der Waals surface area contributed by atoms with Crippen LogP contribution in [0, 0.1) is 29.6 Å². The smallest absolute Gasteiger partial charge is 0.136 e. The van der Waals surface area contributed by atoms with Gasteiger partial charge in [-0.3, -0.25) is 4.79 Å². The number of rotatable bonds is 2. The summed E-state index contributed by atoms with van der Waals surface area (Å²) in [6.07, 6.45) is 9.76. The molecule has 1 aliphatic rings. The molecule has 0 amide bonds. The monoisotopic (exact) mass is 206 g/mol. The molecular formula is C14H22O. The first-order valence-corrected chi connectivity index (χ1v) is 5.91. The summed E-state index contributed by atoms with van der Waals surface area (Å²) in [4.78, 5) is 11.7. The summed E-state index contributed by atoms with van der Waals surface area (Å²) in [5, 5.41) is 0. The second-order valence-corrected chi connectivity index (χ2v) is 5.74. The van der Waals surface area contributed by atoms with Gasteiger partial charge in [-0.1, -0.05) is 20.8 Å². The van der Waals surface area contributed by atoms with Crippen molar-refractivity contribution in [2.24, 2.45) is 17.3 Å². The predicted octanol–water partition coefficient (Wildman–Crippen LogP) is 3.43. The number of Topliss-reactive ketones (excluding diaryl/α,β-unsaturated/α-hetero) is 1. The Morgan fingerprint density at radius 3 is 2.67 bits per heavy atom. The number of terminal acetylenes is 1. The van der Waals surface area contributed by atoms with Crippen LogP contribution in [-0.4, -0.2) is 5.78 Å². The molecule has 0 bridgehead atoms. The molecular weight excluding hydrogens is 184 g/mol. The van der Waals surface area contributed by atoms with Crippen LogP contribution in [0.15, 0.2) is 0 Å². The molecule has 1 saturated carbocycles. The molecule has 0 aliphatic heterocycles. The van der Waals surface area contributed by atoms with E-state index >= 15 is 0 Å². The molecule has 0 saturated heterocycles. The minimum absolute atomic E-state index is 0.235. The van der Waals surface area contributed by atoms with Crippen molar-refractivity contribution in [3.8, 4) is 12.3 Å². The minimum atomic E-state index is 0.235. The highest BCUT2D eigenvalue weighted by Crippen LogP contribution is 2.40. The second kappa shape index (κ2) is 4.84. The first-order valence-electron chi connectivity index (χ1n) is 5.91. The number of ketones is 1. The molecule has 84 valence electrons. The first-order chi connectivity index (χ1) is 6.95. The van der Waals surface area contributed by atoms with Gasteiger partial charge in [0.1, 0.15) is 5.78 Å². The minimum Gasteiger partial charge on any atom is -0.299 e. The fourth-order valence-electron chi connectivity index (χ4n) is 2.44. The van der Waals surface area contributed by atoms with Crippen molar-refractivity contribution < 1.29 is 4.79 Å². The van der Waals surface area contributed by atoms with E-state index in [9.17, 15) is 4.79 Å². The van der Waals surface area contributed by atoms with Gasteiger partial charge in [0, 0.05) is 18.8 Å². The van der Waals surface area contributed by atoms with Crippen LogP contribution in [0.2, 0.25) is 0 Å². The quantitative estimate of drug-likeness (QED) is 0.633. The highest BCUT2D eigenvalue weighted by molar-refractivity contribution is 5.81. The molecule has 2 atom stereocenters. The molecule has 1 aliphatic carbocycles. The van der Waals surface area contributed by atoms with E-state index in [1.54, 1.807) is 0 Å². The lowest BCUT2D eigenvalue weighted by Gasteiger charge is -2.36. The van der Waals surface area contributed by atoms with Gasteiger partial charge in [-0.25, -0.2) is 0 Å². The molecule has 1 nitrogen and oxygen atoms in total. The second-order valence-electron chi connectivity index (χ2n) is 5.74. The van der Waals surface area contributed by atoms with Crippen molar-refractivity contribution in [2.45, 2.75) is 52.9 Å².